The van der Waals surface area contributed by atoms with Gasteiger partial charge in [0.25, 0.3) is 5.91 Å². The molecule has 0 aliphatic carbocycles. The average Bonchev–Trinajstić information content (AvgIpc) is 3.04. The lowest BCUT2D eigenvalue weighted by atomic mass is 9.87. The number of hydrogen-bond acceptors (Lipinski definition) is 4. The fraction of sp³-hybridized carbons (Fsp3) is 0.290. The average molecular weight is 571 g/mol. The predicted molar refractivity (Wildman–Crippen MR) is 153 cm³/mol. The molecule has 1 N–H and O–H groups in total. The second-order valence-corrected chi connectivity index (χ2v) is 11.5. The number of amides is 1. The van der Waals surface area contributed by atoms with Gasteiger partial charge in [-0.3, -0.25) is 4.79 Å². The fourth-order valence-electron chi connectivity index (χ4n) is 4.23. The number of rotatable bonds is 5. The molecule has 1 aliphatic heterocycles. The number of halogens is 4. The normalized spacial score (nSPS) is 15.4. The van der Waals surface area contributed by atoms with Gasteiger partial charge in [0.2, 0.25) is 0 Å². The molecule has 0 saturated carbocycles. The highest BCUT2D eigenvalue weighted by Crippen LogP contribution is 2.34. The zero-order valence-electron chi connectivity index (χ0n) is 22.4. The number of allylic oxidation sites excluding steroid dienone is 1. The molecule has 0 fully saturated rings. The maximum absolute atomic E-state index is 13.8. The van der Waals surface area contributed by atoms with Crippen molar-refractivity contribution in [3.05, 3.63) is 107 Å². The number of hydrogen-bond donors (Lipinski definition) is 1. The van der Waals surface area contributed by atoms with Crippen LogP contribution in [0.5, 0.6) is 0 Å². The number of thioether (sulfide) groups is 1. The summed E-state index contributed by atoms with van der Waals surface area (Å²) < 4.78 is 52.8. The summed E-state index contributed by atoms with van der Waals surface area (Å²) in [5.41, 5.74) is 1.99. The second kappa shape index (κ2) is 11.9. The van der Waals surface area contributed by atoms with Gasteiger partial charge in [-0.2, -0.15) is 13.2 Å². The molecule has 4 nitrogen and oxygen atoms in total. The second-order valence-electron chi connectivity index (χ2n) is 10.6. The van der Waals surface area contributed by atoms with E-state index in [4.69, 9.17) is 0 Å². The molecule has 1 aliphatic rings. The van der Waals surface area contributed by atoms with Gasteiger partial charge in [-0.15, -0.1) is 11.8 Å². The summed E-state index contributed by atoms with van der Waals surface area (Å²) in [6.07, 6.45) is -3.90. The summed E-state index contributed by atoms with van der Waals surface area (Å²) in [6, 6.07) is 17.9. The molecule has 0 radical (unpaired) electrons. The van der Waals surface area contributed by atoms with Crippen LogP contribution in [0.25, 0.3) is 0 Å². The number of aliphatic imine (C=N–C) groups is 1. The first kappa shape index (κ1) is 29.4. The Labute approximate surface area is 235 Å². The summed E-state index contributed by atoms with van der Waals surface area (Å²) in [7, 11) is 0. The van der Waals surface area contributed by atoms with Gasteiger partial charge in [0.1, 0.15) is 22.2 Å². The summed E-state index contributed by atoms with van der Waals surface area (Å²) in [6.45, 7) is 6.58. The Balaban J connectivity index is 1.68. The first-order chi connectivity index (χ1) is 18.8. The van der Waals surface area contributed by atoms with Crippen molar-refractivity contribution in [2.75, 3.05) is 11.4 Å². The third kappa shape index (κ3) is 7.13. The number of aliphatic hydroxyl groups excluding tert-OH is 1. The highest BCUT2D eigenvalue weighted by atomic mass is 32.2. The van der Waals surface area contributed by atoms with Gasteiger partial charge in [0.05, 0.1) is 11.3 Å². The molecule has 4 rings (SSSR count). The van der Waals surface area contributed by atoms with Crippen LogP contribution in [-0.4, -0.2) is 22.6 Å². The molecule has 1 heterocycles. The van der Waals surface area contributed by atoms with E-state index in [1.807, 2.05) is 24.3 Å². The fourth-order valence-corrected chi connectivity index (χ4v) is 5.24. The van der Waals surface area contributed by atoms with Crippen LogP contribution in [0.3, 0.4) is 0 Å². The Morgan fingerprint density at radius 3 is 2.10 bits per heavy atom. The van der Waals surface area contributed by atoms with E-state index in [0.29, 0.717) is 17.9 Å². The van der Waals surface area contributed by atoms with Crippen LogP contribution in [0.15, 0.2) is 89.1 Å². The lowest BCUT2D eigenvalue weighted by Gasteiger charge is -2.23. The van der Waals surface area contributed by atoms with Crippen LogP contribution < -0.4 is 4.90 Å². The highest BCUT2D eigenvalue weighted by Gasteiger charge is 2.33. The van der Waals surface area contributed by atoms with Crippen LogP contribution in [0, 0.1) is 5.82 Å². The zero-order chi connectivity index (χ0) is 29.1. The zero-order valence-corrected chi connectivity index (χ0v) is 23.2. The van der Waals surface area contributed by atoms with Crippen molar-refractivity contribution in [1.82, 2.24) is 0 Å². The van der Waals surface area contributed by atoms with Crippen molar-refractivity contribution in [3.8, 4) is 0 Å². The van der Waals surface area contributed by atoms with E-state index in [9.17, 15) is 27.5 Å². The first-order valence-corrected chi connectivity index (χ1v) is 13.8. The summed E-state index contributed by atoms with van der Waals surface area (Å²) in [4.78, 5) is 19.8. The lowest BCUT2D eigenvalue weighted by Crippen LogP contribution is -2.34. The maximum atomic E-state index is 13.8. The number of alkyl halides is 3. The van der Waals surface area contributed by atoms with Gasteiger partial charge in [0.15, 0.2) is 0 Å². The van der Waals surface area contributed by atoms with Crippen molar-refractivity contribution in [2.45, 2.75) is 51.0 Å². The van der Waals surface area contributed by atoms with Crippen LogP contribution in [0.1, 0.15) is 50.3 Å². The molecule has 0 saturated heterocycles. The Bertz CT molecular complexity index is 1410. The molecule has 210 valence electrons. The van der Waals surface area contributed by atoms with Gasteiger partial charge < -0.3 is 10.0 Å². The van der Waals surface area contributed by atoms with Gasteiger partial charge >= 0.3 is 6.18 Å². The number of carbonyl (C=O) groups is 1. The van der Waals surface area contributed by atoms with E-state index in [-0.39, 0.29) is 40.4 Å². The molecule has 3 aromatic rings. The van der Waals surface area contributed by atoms with E-state index in [1.165, 1.54) is 58.6 Å². The minimum Gasteiger partial charge on any atom is -0.511 e. The van der Waals surface area contributed by atoms with Crippen molar-refractivity contribution in [2.24, 2.45) is 4.99 Å². The van der Waals surface area contributed by atoms with E-state index in [0.717, 1.165) is 17.7 Å². The third-order valence-electron chi connectivity index (χ3n) is 6.52. The Hall–Kier alpha value is -3.59. The third-order valence-corrected chi connectivity index (χ3v) is 7.56. The SMILES string of the molecule is CC(C)(C)c1ccc(CSC(=Nc2ccc(F)cc2)C2=C(O)CCCN(c3ccc(C(F)(F)F)cc3)C2=O)cc1. The minimum absolute atomic E-state index is 0.00793. The molecule has 9 heteroatoms. The quantitative estimate of drug-likeness (QED) is 0.190. The smallest absolute Gasteiger partial charge is 0.416 e. The molecule has 1 amide bonds. The van der Waals surface area contributed by atoms with E-state index in [1.54, 1.807) is 0 Å². The molecule has 0 unspecified atom stereocenters. The van der Waals surface area contributed by atoms with Crippen LogP contribution in [0.2, 0.25) is 0 Å². The van der Waals surface area contributed by atoms with E-state index in [2.05, 4.69) is 25.8 Å². The Morgan fingerprint density at radius 1 is 0.925 bits per heavy atom. The number of anilines is 1. The van der Waals surface area contributed by atoms with Crippen LogP contribution >= 0.6 is 11.8 Å². The molecular formula is C31H30F4N2O2S. The standard InChI is InChI=1S/C31H30F4N2O2S/c1-30(2,3)21-8-6-20(7-9-21)19-40-28(36-24-14-12-23(32)13-15-24)27-26(38)5-4-18-37(29(27)39)25-16-10-22(11-17-25)31(33,34)35/h6-17,38H,4-5,18-19H2,1-3H3. The Morgan fingerprint density at radius 2 is 1.52 bits per heavy atom. The van der Waals surface area contributed by atoms with Crippen molar-refractivity contribution < 1.29 is 27.5 Å². The number of benzene rings is 3. The molecule has 3 aromatic carbocycles. The molecule has 0 bridgehead atoms. The topological polar surface area (TPSA) is 52.9 Å². The monoisotopic (exact) mass is 570 g/mol. The highest BCUT2D eigenvalue weighted by molar-refractivity contribution is 8.13. The number of aliphatic hydroxyl groups is 1. The van der Waals surface area contributed by atoms with Crippen molar-refractivity contribution in [1.29, 1.82) is 0 Å². The molecule has 40 heavy (non-hydrogen) atoms. The minimum atomic E-state index is -4.50. The molecule has 0 aromatic heterocycles. The molecule has 0 atom stereocenters. The van der Waals surface area contributed by atoms with Gasteiger partial charge in [0, 0.05) is 24.4 Å². The summed E-state index contributed by atoms with van der Waals surface area (Å²) in [5, 5.41) is 11.2. The summed E-state index contributed by atoms with van der Waals surface area (Å²) >= 11 is 1.26. The first-order valence-electron chi connectivity index (χ1n) is 12.8. The van der Waals surface area contributed by atoms with Crippen LogP contribution in [-0.2, 0) is 22.1 Å². The number of carbonyl (C=O) groups excluding carboxylic acids is 1. The molecule has 0 spiro atoms. The van der Waals surface area contributed by atoms with Gasteiger partial charge in [-0.05, 0) is 71.5 Å². The largest absolute Gasteiger partial charge is 0.511 e. The van der Waals surface area contributed by atoms with E-state index >= 15 is 0 Å². The maximum Gasteiger partial charge on any atom is 0.416 e. The van der Waals surface area contributed by atoms with Crippen LogP contribution in [0.4, 0.5) is 28.9 Å². The van der Waals surface area contributed by atoms with Crippen molar-refractivity contribution in [3.63, 3.8) is 0 Å². The molecular weight excluding hydrogens is 540 g/mol. The summed E-state index contributed by atoms with van der Waals surface area (Å²) in [5.74, 6) is -0.704. The Kier molecular flexibility index (Phi) is 8.73. The van der Waals surface area contributed by atoms with E-state index < -0.39 is 23.5 Å². The van der Waals surface area contributed by atoms with Gasteiger partial charge in [-0.1, -0.05) is 45.0 Å². The lowest BCUT2D eigenvalue weighted by molar-refractivity contribution is -0.137. The van der Waals surface area contributed by atoms with Crippen molar-refractivity contribution >= 4 is 34.1 Å². The number of nitrogens with zero attached hydrogens (tertiary/aromatic N) is 2. The van der Waals surface area contributed by atoms with Gasteiger partial charge in [-0.25, -0.2) is 9.38 Å². The predicted octanol–water partition coefficient (Wildman–Crippen LogP) is 8.74.